The number of halogens is 3. The molecule has 1 aromatic rings. The predicted molar refractivity (Wildman–Crippen MR) is 71.1 cm³/mol. The van der Waals surface area contributed by atoms with Gasteiger partial charge in [0.05, 0.1) is 18.2 Å². The van der Waals surface area contributed by atoms with Crippen molar-refractivity contribution in [3.63, 3.8) is 0 Å². The zero-order valence-electron chi connectivity index (χ0n) is 11.8. The summed E-state index contributed by atoms with van der Waals surface area (Å²) in [7, 11) is 0. The van der Waals surface area contributed by atoms with Crippen LogP contribution in [-0.4, -0.2) is 37.9 Å². The van der Waals surface area contributed by atoms with E-state index in [1.807, 2.05) is 6.07 Å². The highest BCUT2D eigenvalue weighted by Gasteiger charge is 2.27. The normalized spacial score (nSPS) is 12.3. The standard InChI is InChI=1S/C14H15F3N2O3/c1-10(22-12-4-2-11(8-18)3-5-12)13(20)19-6-7-21-9-14(15,16)17/h2-5,10H,6-7,9H2,1H3,(H,19,20). The monoisotopic (exact) mass is 316 g/mol. The second-order valence-electron chi connectivity index (χ2n) is 4.36. The Hall–Kier alpha value is -2.27. The molecule has 0 saturated heterocycles. The molecule has 0 aromatic heterocycles. The molecule has 0 aliphatic heterocycles. The fourth-order valence-corrected chi connectivity index (χ4v) is 1.44. The first-order valence-electron chi connectivity index (χ1n) is 6.41. The maximum absolute atomic E-state index is 11.8. The SMILES string of the molecule is CC(Oc1ccc(C#N)cc1)C(=O)NCCOCC(F)(F)F. The van der Waals surface area contributed by atoms with Crippen LogP contribution in [-0.2, 0) is 9.53 Å². The van der Waals surface area contributed by atoms with Crippen LogP contribution in [0.3, 0.4) is 0 Å². The minimum atomic E-state index is -4.38. The first kappa shape index (κ1) is 17.8. The number of ether oxygens (including phenoxy) is 2. The summed E-state index contributed by atoms with van der Waals surface area (Å²) in [6.07, 6.45) is -5.20. The summed E-state index contributed by atoms with van der Waals surface area (Å²) < 4.78 is 45.1. The number of benzene rings is 1. The molecule has 1 amide bonds. The lowest BCUT2D eigenvalue weighted by molar-refractivity contribution is -0.173. The second kappa shape index (κ2) is 8.24. The molecule has 0 heterocycles. The highest BCUT2D eigenvalue weighted by atomic mass is 19.4. The summed E-state index contributed by atoms with van der Waals surface area (Å²) in [5.41, 5.74) is 0.464. The summed E-state index contributed by atoms with van der Waals surface area (Å²) in [6.45, 7) is -0.130. The molecule has 8 heteroatoms. The summed E-state index contributed by atoms with van der Waals surface area (Å²) in [4.78, 5) is 11.7. The Balaban J connectivity index is 2.28. The fourth-order valence-electron chi connectivity index (χ4n) is 1.44. The van der Waals surface area contributed by atoms with Crippen LogP contribution in [0.5, 0.6) is 5.75 Å². The number of hydrogen-bond acceptors (Lipinski definition) is 4. The van der Waals surface area contributed by atoms with E-state index in [2.05, 4.69) is 10.1 Å². The van der Waals surface area contributed by atoms with Crippen molar-refractivity contribution in [1.82, 2.24) is 5.32 Å². The van der Waals surface area contributed by atoms with Crippen LogP contribution in [0.25, 0.3) is 0 Å². The Morgan fingerprint density at radius 1 is 1.36 bits per heavy atom. The molecular weight excluding hydrogens is 301 g/mol. The molecule has 22 heavy (non-hydrogen) atoms. The van der Waals surface area contributed by atoms with Crippen LogP contribution >= 0.6 is 0 Å². The number of rotatable bonds is 7. The first-order valence-corrected chi connectivity index (χ1v) is 6.41. The lowest BCUT2D eigenvalue weighted by Gasteiger charge is -2.15. The lowest BCUT2D eigenvalue weighted by Crippen LogP contribution is -2.38. The van der Waals surface area contributed by atoms with Crippen molar-refractivity contribution in [3.05, 3.63) is 29.8 Å². The number of carbonyl (C=O) groups excluding carboxylic acids is 1. The Bertz CT molecular complexity index is 524. The van der Waals surface area contributed by atoms with Crippen molar-refractivity contribution in [2.75, 3.05) is 19.8 Å². The molecule has 1 atom stereocenters. The molecule has 1 aromatic carbocycles. The van der Waals surface area contributed by atoms with Gasteiger partial charge in [-0.2, -0.15) is 18.4 Å². The molecule has 0 saturated carbocycles. The minimum absolute atomic E-state index is 0.0457. The number of nitriles is 1. The van der Waals surface area contributed by atoms with E-state index >= 15 is 0 Å². The Morgan fingerprint density at radius 3 is 2.55 bits per heavy atom. The van der Waals surface area contributed by atoms with Gasteiger partial charge in [0.1, 0.15) is 12.4 Å². The zero-order chi connectivity index (χ0) is 16.6. The van der Waals surface area contributed by atoms with E-state index in [1.165, 1.54) is 6.92 Å². The van der Waals surface area contributed by atoms with Crippen molar-refractivity contribution in [1.29, 1.82) is 5.26 Å². The van der Waals surface area contributed by atoms with E-state index in [1.54, 1.807) is 24.3 Å². The molecule has 5 nitrogen and oxygen atoms in total. The van der Waals surface area contributed by atoms with Crippen molar-refractivity contribution in [2.45, 2.75) is 19.2 Å². The van der Waals surface area contributed by atoms with Crippen molar-refractivity contribution >= 4 is 5.91 Å². The minimum Gasteiger partial charge on any atom is -0.481 e. The lowest BCUT2D eigenvalue weighted by atomic mass is 10.2. The molecule has 120 valence electrons. The average Bonchev–Trinajstić information content (AvgIpc) is 2.46. The summed E-state index contributed by atoms with van der Waals surface area (Å²) >= 11 is 0. The van der Waals surface area contributed by atoms with Crippen LogP contribution in [0.15, 0.2) is 24.3 Å². The quantitative estimate of drug-likeness (QED) is 0.781. The average molecular weight is 316 g/mol. The third-order valence-electron chi connectivity index (χ3n) is 2.48. The van der Waals surface area contributed by atoms with Gasteiger partial charge in [-0.15, -0.1) is 0 Å². The summed E-state index contributed by atoms with van der Waals surface area (Å²) in [5.74, 6) is -0.0602. The molecule has 1 rings (SSSR count). The Kier molecular flexibility index (Phi) is 6.66. The van der Waals surface area contributed by atoms with Crippen LogP contribution in [0.4, 0.5) is 13.2 Å². The van der Waals surface area contributed by atoms with E-state index < -0.39 is 24.8 Å². The van der Waals surface area contributed by atoms with Gasteiger partial charge in [0.2, 0.25) is 0 Å². The Morgan fingerprint density at radius 2 is 2.00 bits per heavy atom. The van der Waals surface area contributed by atoms with Gasteiger partial charge in [-0.1, -0.05) is 0 Å². The van der Waals surface area contributed by atoms with Gasteiger partial charge in [0.25, 0.3) is 5.91 Å². The number of nitrogens with zero attached hydrogens (tertiary/aromatic N) is 1. The highest BCUT2D eigenvalue weighted by Crippen LogP contribution is 2.14. The van der Waals surface area contributed by atoms with Crippen LogP contribution < -0.4 is 10.1 Å². The molecular formula is C14H15F3N2O3. The van der Waals surface area contributed by atoms with E-state index in [0.29, 0.717) is 11.3 Å². The molecule has 0 bridgehead atoms. The zero-order valence-corrected chi connectivity index (χ0v) is 11.8. The van der Waals surface area contributed by atoms with E-state index in [9.17, 15) is 18.0 Å². The molecule has 0 radical (unpaired) electrons. The molecule has 0 aliphatic carbocycles. The maximum atomic E-state index is 11.8. The number of hydrogen-bond donors (Lipinski definition) is 1. The van der Waals surface area contributed by atoms with Crippen molar-refractivity contribution < 1.29 is 27.4 Å². The second-order valence-corrected chi connectivity index (χ2v) is 4.36. The van der Waals surface area contributed by atoms with E-state index in [0.717, 1.165) is 0 Å². The Labute approximate surface area is 125 Å². The van der Waals surface area contributed by atoms with Gasteiger partial charge in [0, 0.05) is 6.54 Å². The molecule has 0 aliphatic rings. The molecule has 0 spiro atoms. The topological polar surface area (TPSA) is 71.3 Å². The van der Waals surface area contributed by atoms with Gasteiger partial charge >= 0.3 is 6.18 Å². The van der Waals surface area contributed by atoms with Crippen LogP contribution in [0.2, 0.25) is 0 Å². The summed E-state index contributed by atoms with van der Waals surface area (Å²) in [5, 5.41) is 11.1. The third kappa shape index (κ3) is 6.95. The molecule has 1 N–H and O–H groups in total. The van der Waals surface area contributed by atoms with E-state index in [4.69, 9.17) is 10.00 Å². The predicted octanol–water partition coefficient (Wildman–Crippen LogP) is 2.02. The van der Waals surface area contributed by atoms with Crippen molar-refractivity contribution in [2.24, 2.45) is 0 Å². The van der Waals surface area contributed by atoms with Gasteiger partial charge in [-0.3, -0.25) is 4.79 Å². The van der Waals surface area contributed by atoms with Gasteiger partial charge in [-0.25, -0.2) is 0 Å². The first-order chi connectivity index (χ1) is 10.3. The molecule has 0 fully saturated rings. The maximum Gasteiger partial charge on any atom is 0.411 e. The van der Waals surface area contributed by atoms with Gasteiger partial charge in [-0.05, 0) is 31.2 Å². The van der Waals surface area contributed by atoms with Gasteiger partial charge < -0.3 is 14.8 Å². The van der Waals surface area contributed by atoms with Crippen molar-refractivity contribution in [3.8, 4) is 11.8 Å². The third-order valence-corrected chi connectivity index (χ3v) is 2.48. The van der Waals surface area contributed by atoms with E-state index in [-0.39, 0.29) is 13.2 Å². The number of carbonyl (C=O) groups is 1. The fraction of sp³-hybridized carbons (Fsp3) is 0.429. The highest BCUT2D eigenvalue weighted by molar-refractivity contribution is 5.80. The van der Waals surface area contributed by atoms with Crippen LogP contribution in [0, 0.1) is 11.3 Å². The number of nitrogens with one attached hydrogen (secondary N) is 1. The van der Waals surface area contributed by atoms with Gasteiger partial charge in [0.15, 0.2) is 6.10 Å². The summed E-state index contributed by atoms with van der Waals surface area (Å²) in [6, 6.07) is 8.15. The number of alkyl halides is 3. The smallest absolute Gasteiger partial charge is 0.411 e. The number of amides is 1. The molecule has 1 unspecified atom stereocenters. The largest absolute Gasteiger partial charge is 0.481 e. The van der Waals surface area contributed by atoms with Crippen LogP contribution in [0.1, 0.15) is 12.5 Å².